The summed E-state index contributed by atoms with van der Waals surface area (Å²) in [6, 6.07) is 21.5. The van der Waals surface area contributed by atoms with E-state index in [1.807, 2.05) is 38.1 Å². The highest BCUT2D eigenvalue weighted by Gasteiger charge is 2.41. The van der Waals surface area contributed by atoms with E-state index in [4.69, 9.17) is 0 Å². The van der Waals surface area contributed by atoms with Gasteiger partial charge in [-0.25, -0.2) is 4.39 Å². The Kier molecular flexibility index (Phi) is 5.78. The number of para-hydroxylation sites is 2. The number of carbonyl (C=O) groups excluding carboxylic acids is 2. The minimum absolute atomic E-state index is 0.00959. The van der Waals surface area contributed by atoms with Gasteiger partial charge in [0.2, 0.25) is 5.91 Å². The first-order valence-electron chi connectivity index (χ1n) is 11.7. The summed E-state index contributed by atoms with van der Waals surface area (Å²) in [5, 5.41) is 3.51. The lowest BCUT2D eigenvalue weighted by Crippen LogP contribution is -2.38. The van der Waals surface area contributed by atoms with Gasteiger partial charge < -0.3 is 5.32 Å². The van der Waals surface area contributed by atoms with E-state index < -0.39 is 6.04 Å². The molecule has 0 aromatic heterocycles. The molecule has 1 aliphatic carbocycles. The third kappa shape index (κ3) is 3.92. The molecule has 34 heavy (non-hydrogen) atoms. The molecule has 0 radical (unpaired) electrons. The van der Waals surface area contributed by atoms with E-state index in [9.17, 15) is 14.0 Å². The van der Waals surface area contributed by atoms with Gasteiger partial charge in [0.15, 0.2) is 5.78 Å². The molecule has 0 spiro atoms. The molecule has 0 saturated carbocycles. The van der Waals surface area contributed by atoms with Crippen molar-refractivity contribution in [1.29, 1.82) is 0 Å². The van der Waals surface area contributed by atoms with Gasteiger partial charge in [0.05, 0.1) is 17.4 Å². The minimum Gasteiger partial charge on any atom is -0.357 e. The van der Waals surface area contributed by atoms with Gasteiger partial charge in [-0.05, 0) is 54.7 Å². The van der Waals surface area contributed by atoms with Crippen molar-refractivity contribution in [2.75, 3.05) is 10.2 Å². The fourth-order valence-electron chi connectivity index (χ4n) is 5.07. The van der Waals surface area contributed by atoms with Gasteiger partial charge in [-0.2, -0.15) is 0 Å². The summed E-state index contributed by atoms with van der Waals surface area (Å²) in [5.74, 6) is -0.386. The van der Waals surface area contributed by atoms with Gasteiger partial charge in [-0.1, -0.05) is 61.0 Å². The number of hydrogen-bond acceptors (Lipinski definition) is 3. The summed E-state index contributed by atoms with van der Waals surface area (Å²) in [5.41, 5.74) is 5.96. The van der Waals surface area contributed by atoms with Crippen molar-refractivity contribution in [3.8, 4) is 0 Å². The highest BCUT2D eigenvalue weighted by molar-refractivity contribution is 6.06. The molecule has 3 aromatic rings. The number of anilines is 2. The molecule has 2 atom stereocenters. The predicted molar refractivity (Wildman–Crippen MR) is 132 cm³/mol. The van der Waals surface area contributed by atoms with Gasteiger partial charge in [0, 0.05) is 24.1 Å². The Morgan fingerprint density at radius 1 is 0.971 bits per heavy atom. The molecule has 0 fully saturated rings. The average molecular weight is 455 g/mol. The third-order valence-corrected chi connectivity index (χ3v) is 6.79. The minimum atomic E-state index is -0.620. The molecule has 0 bridgehead atoms. The molecule has 2 unspecified atom stereocenters. The number of benzene rings is 3. The van der Waals surface area contributed by atoms with Crippen molar-refractivity contribution in [2.24, 2.45) is 0 Å². The largest absolute Gasteiger partial charge is 0.357 e. The fourth-order valence-corrected chi connectivity index (χ4v) is 5.07. The molecular weight excluding hydrogens is 427 g/mol. The maximum Gasteiger partial charge on any atom is 0.227 e. The number of halogens is 1. The Morgan fingerprint density at radius 3 is 2.35 bits per heavy atom. The van der Waals surface area contributed by atoms with E-state index in [0.29, 0.717) is 18.4 Å². The molecule has 1 aliphatic heterocycles. The first-order chi connectivity index (χ1) is 16.5. The lowest BCUT2D eigenvalue weighted by Gasteiger charge is -2.35. The van der Waals surface area contributed by atoms with Gasteiger partial charge >= 0.3 is 0 Å². The number of fused-ring (bicyclic) bond motifs is 1. The highest BCUT2D eigenvalue weighted by atomic mass is 19.1. The van der Waals surface area contributed by atoms with E-state index in [1.54, 1.807) is 17.0 Å². The fraction of sp³-hybridized carbons (Fsp3) is 0.241. The van der Waals surface area contributed by atoms with Gasteiger partial charge in [-0.15, -0.1) is 0 Å². The molecule has 4 nitrogen and oxygen atoms in total. The van der Waals surface area contributed by atoms with Gasteiger partial charge in [0.25, 0.3) is 0 Å². The molecular formula is C29H27FN2O2. The van der Waals surface area contributed by atoms with Crippen molar-refractivity contribution in [2.45, 2.75) is 45.1 Å². The first kappa shape index (κ1) is 22.1. The topological polar surface area (TPSA) is 49.4 Å². The molecule has 5 heteroatoms. The smallest absolute Gasteiger partial charge is 0.227 e. The van der Waals surface area contributed by atoms with Crippen LogP contribution in [-0.2, 0) is 9.59 Å². The number of amides is 1. The maximum absolute atomic E-state index is 13.8. The van der Waals surface area contributed by atoms with Crippen molar-refractivity contribution in [3.63, 3.8) is 0 Å². The van der Waals surface area contributed by atoms with E-state index in [0.717, 1.165) is 28.2 Å². The number of allylic oxidation sites excluding steroid dienone is 1. The number of nitrogens with one attached hydrogen (secondary N) is 1. The molecule has 3 aromatic carbocycles. The number of nitrogens with zero attached hydrogens (tertiary/aromatic N) is 1. The quantitative estimate of drug-likeness (QED) is 0.495. The second kappa shape index (κ2) is 8.90. The summed E-state index contributed by atoms with van der Waals surface area (Å²) in [6.45, 7) is 3.86. The van der Waals surface area contributed by atoms with Gasteiger partial charge in [0.1, 0.15) is 5.82 Å². The molecule has 0 saturated heterocycles. The molecule has 172 valence electrons. The van der Waals surface area contributed by atoms with Crippen LogP contribution in [0.2, 0.25) is 0 Å². The average Bonchev–Trinajstić information content (AvgIpc) is 2.99. The van der Waals surface area contributed by atoms with Crippen molar-refractivity contribution in [3.05, 3.63) is 107 Å². The summed E-state index contributed by atoms with van der Waals surface area (Å²) < 4.78 is 13.8. The number of hydrogen-bond donors (Lipinski definition) is 1. The monoisotopic (exact) mass is 454 g/mol. The van der Waals surface area contributed by atoms with Crippen molar-refractivity contribution in [1.82, 2.24) is 0 Å². The zero-order valence-electron chi connectivity index (χ0n) is 19.3. The highest BCUT2D eigenvalue weighted by Crippen LogP contribution is 2.47. The maximum atomic E-state index is 13.8. The van der Waals surface area contributed by atoms with Crippen LogP contribution in [0.25, 0.3) is 0 Å². The van der Waals surface area contributed by atoms with Crippen LogP contribution in [0.5, 0.6) is 0 Å². The Bertz CT molecular complexity index is 1280. The van der Waals surface area contributed by atoms with E-state index in [2.05, 4.69) is 29.6 Å². The second-order valence-corrected chi connectivity index (χ2v) is 9.04. The third-order valence-electron chi connectivity index (χ3n) is 6.79. The van der Waals surface area contributed by atoms with Crippen LogP contribution < -0.4 is 10.2 Å². The number of rotatable bonds is 3. The lowest BCUT2D eigenvalue weighted by molar-refractivity contribution is -0.119. The zero-order valence-corrected chi connectivity index (χ0v) is 19.3. The summed E-state index contributed by atoms with van der Waals surface area (Å²) in [6.07, 6.45) is 1.31. The molecule has 5 rings (SSSR count). The van der Waals surface area contributed by atoms with Crippen LogP contribution in [0.1, 0.15) is 54.8 Å². The van der Waals surface area contributed by atoms with Crippen LogP contribution in [0.3, 0.4) is 0 Å². The van der Waals surface area contributed by atoms with Gasteiger partial charge in [-0.3, -0.25) is 14.5 Å². The Balaban J connectivity index is 1.69. The summed E-state index contributed by atoms with van der Waals surface area (Å²) in [7, 11) is 0. The Labute approximate surface area is 199 Å². The van der Waals surface area contributed by atoms with Crippen LogP contribution >= 0.6 is 0 Å². The Hall–Kier alpha value is -3.73. The lowest BCUT2D eigenvalue weighted by atomic mass is 9.78. The normalized spacial score (nSPS) is 19.7. The summed E-state index contributed by atoms with van der Waals surface area (Å²) >= 11 is 0. The molecule has 2 aliphatic rings. The van der Waals surface area contributed by atoms with Crippen LogP contribution in [0.4, 0.5) is 15.8 Å². The van der Waals surface area contributed by atoms with E-state index in [1.165, 1.54) is 17.7 Å². The number of ketones is 1. The molecule has 1 heterocycles. The zero-order chi connectivity index (χ0) is 23.8. The number of carbonyl (C=O) groups is 2. The number of Topliss-reactive ketones (excluding diaryl/α,β-unsaturated/α-hetero) is 1. The van der Waals surface area contributed by atoms with Crippen LogP contribution in [-0.4, -0.2) is 11.7 Å². The Morgan fingerprint density at radius 2 is 1.65 bits per heavy atom. The molecule has 1 N–H and O–H groups in total. The SMILES string of the molecule is CCC(=O)N1c2ccccc2NC2=C(C(=O)CC(c3ccc(C)cc3)C2)C1c1ccc(F)cc1. The van der Waals surface area contributed by atoms with Crippen molar-refractivity contribution < 1.29 is 14.0 Å². The van der Waals surface area contributed by atoms with E-state index >= 15 is 0 Å². The van der Waals surface area contributed by atoms with E-state index in [-0.39, 0.29) is 29.8 Å². The van der Waals surface area contributed by atoms with Crippen molar-refractivity contribution >= 4 is 23.1 Å². The predicted octanol–water partition coefficient (Wildman–Crippen LogP) is 6.44. The summed E-state index contributed by atoms with van der Waals surface area (Å²) in [4.78, 5) is 28.8. The molecule has 1 amide bonds. The van der Waals surface area contributed by atoms with Crippen LogP contribution in [0.15, 0.2) is 84.1 Å². The first-order valence-corrected chi connectivity index (χ1v) is 11.7. The second-order valence-electron chi connectivity index (χ2n) is 9.04. The van der Waals surface area contributed by atoms with Crippen LogP contribution in [0, 0.1) is 12.7 Å². The standard InChI is InChI=1S/C29H27FN2O2/c1-3-27(34)32-25-7-5-4-6-23(25)31-24-16-21(19-10-8-18(2)9-11-19)17-26(33)28(24)29(32)20-12-14-22(30)15-13-20/h4-15,21,29,31H,3,16-17H2,1-2H3. The number of aryl methyl sites for hydroxylation is 1.